The van der Waals surface area contributed by atoms with Gasteiger partial charge in [0.25, 0.3) is 5.91 Å². The average molecular weight is 950 g/mol. The summed E-state index contributed by atoms with van der Waals surface area (Å²) in [6, 6.07) is 14.7. The SMILES string of the molecule is O=C1CCC(N2Cc3c(NC(=O)CCOCCOCCOCCNCCNC(=O)C4(Cc5cccc(Nc6nccs6)n5)CCC(Oc5cccc(Cl)c5F)CC4)cccc3C2=O)C(=O)N1. The lowest BCUT2D eigenvalue weighted by molar-refractivity contribution is -0.137. The topological polar surface area (TPSA) is 211 Å². The molecule has 2 aromatic carbocycles. The van der Waals surface area contributed by atoms with Crippen LogP contribution in [0.15, 0.2) is 66.2 Å². The van der Waals surface area contributed by atoms with Gasteiger partial charge in [-0.15, -0.1) is 11.3 Å². The average Bonchev–Trinajstić information content (AvgIpc) is 3.95. The number of rotatable bonds is 24. The zero-order valence-electron chi connectivity index (χ0n) is 36.4. The lowest BCUT2D eigenvalue weighted by Crippen LogP contribution is -2.52. The number of amides is 5. The molecule has 1 saturated heterocycles. The van der Waals surface area contributed by atoms with Crippen LogP contribution >= 0.6 is 22.9 Å². The lowest BCUT2D eigenvalue weighted by atomic mass is 9.69. The number of nitrogens with zero attached hydrogens (tertiary/aromatic N) is 3. The van der Waals surface area contributed by atoms with Gasteiger partial charge in [0.15, 0.2) is 16.7 Å². The van der Waals surface area contributed by atoms with Crippen LogP contribution in [0.5, 0.6) is 5.75 Å². The summed E-state index contributed by atoms with van der Waals surface area (Å²) in [5.74, 6) is -1.33. The first kappa shape index (κ1) is 48.4. The summed E-state index contributed by atoms with van der Waals surface area (Å²) in [7, 11) is 0. The van der Waals surface area contributed by atoms with Gasteiger partial charge in [0.2, 0.25) is 23.6 Å². The van der Waals surface area contributed by atoms with Crippen molar-refractivity contribution in [2.45, 2.75) is 70.1 Å². The van der Waals surface area contributed by atoms with Gasteiger partial charge in [0, 0.05) is 73.1 Å². The quantitative estimate of drug-likeness (QED) is 0.0454. The van der Waals surface area contributed by atoms with E-state index in [2.05, 4.69) is 31.6 Å². The van der Waals surface area contributed by atoms with Crippen LogP contribution in [0.3, 0.4) is 0 Å². The molecule has 352 valence electrons. The Balaban J connectivity index is 0.745. The van der Waals surface area contributed by atoms with Gasteiger partial charge in [-0.3, -0.25) is 29.3 Å². The monoisotopic (exact) mass is 948 g/mol. The molecule has 17 nitrogen and oxygen atoms in total. The molecule has 0 radical (unpaired) electrons. The van der Waals surface area contributed by atoms with Crippen LogP contribution in [0, 0.1) is 11.2 Å². The van der Waals surface area contributed by atoms with E-state index in [4.69, 9.17) is 35.5 Å². The number of ether oxygens (including phenoxy) is 4. The Hall–Kier alpha value is -5.57. The van der Waals surface area contributed by atoms with Crippen molar-refractivity contribution in [1.29, 1.82) is 0 Å². The van der Waals surface area contributed by atoms with E-state index in [1.54, 1.807) is 36.5 Å². The predicted molar refractivity (Wildman–Crippen MR) is 244 cm³/mol. The van der Waals surface area contributed by atoms with Crippen LogP contribution in [0.2, 0.25) is 5.02 Å². The van der Waals surface area contributed by atoms with Gasteiger partial charge < -0.3 is 45.1 Å². The third-order valence-corrected chi connectivity index (χ3v) is 12.6. The van der Waals surface area contributed by atoms with E-state index in [0.29, 0.717) is 107 Å². The molecule has 5 amide bonds. The van der Waals surface area contributed by atoms with E-state index >= 15 is 0 Å². The molecule has 0 spiro atoms. The van der Waals surface area contributed by atoms with E-state index in [1.165, 1.54) is 22.3 Å². The number of nitrogens with one attached hydrogen (secondary N) is 5. The van der Waals surface area contributed by atoms with Crippen LogP contribution in [-0.2, 0) is 46.4 Å². The molecule has 4 aromatic rings. The number of hydrogen-bond donors (Lipinski definition) is 5. The number of anilines is 3. The number of pyridine rings is 1. The molecule has 2 aliphatic heterocycles. The second kappa shape index (κ2) is 23.7. The molecule has 5 N–H and O–H groups in total. The molecule has 7 rings (SSSR count). The number of carbonyl (C=O) groups excluding carboxylic acids is 5. The van der Waals surface area contributed by atoms with Crippen molar-refractivity contribution in [1.82, 2.24) is 30.8 Å². The van der Waals surface area contributed by atoms with E-state index in [0.717, 1.165) is 10.8 Å². The summed E-state index contributed by atoms with van der Waals surface area (Å²) < 4.78 is 37.5. The number of thiazole rings is 1. The zero-order valence-corrected chi connectivity index (χ0v) is 38.0. The van der Waals surface area contributed by atoms with Gasteiger partial charge >= 0.3 is 0 Å². The van der Waals surface area contributed by atoms with E-state index in [9.17, 15) is 28.4 Å². The fourth-order valence-corrected chi connectivity index (χ4v) is 8.93. The van der Waals surface area contributed by atoms with Crippen molar-refractivity contribution in [3.8, 4) is 5.75 Å². The number of imide groups is 1. The Kier molecular flexibility index (Phi) is 17.4. The van der Waals surface area contributed by atoms with Crippen molar-refractivity contribution >= 4 is 69.1 Å². The molecular weight excluding hydrogens is 895 g/mol. The van der Waals surface area contributed by atoms with Gasteiger partial charge in [0.1, 0.15) is 11.9 Å². The second-order valence-corrected chi connectivity index (χ2v) is 17.5. The van der Waals surface area contributed by atoms with Crippen LogP contribution < -0.4 is 31.3 Å². The van der Waals surface area contributed by atoms with Crippen LogP contribution in [0.4, 0.5) is 21.0 Å². The molecular formula is C46H54ClFN8O9S. The Morgan fingerprint density at radius 1 is 0.909 bits per heavy atom. The first-order valence-electron chi connectivity index (χ1n) is 22.1. The molecule has 4 heterocycles. The van der Waals surface area contributed by atoms with Crippen molar-refractivity contribution in [3.63, 3.8) is 0 Å². The maximum absolute atomic E-state index is 14.6. The van der Waals surface area contributed by atoms with Crippen LogP contribution in [-0.4, -0.2) is 116 Å². The molecule has 2 aromatic heterocycles. The minimum absolute atomic E-state index is 0.000366. The number of hydrogen-bond acceptors (Lipinski definition) is 14. The fourth-order valence-electron chi connectivity index (χ4n) is 8.23. The van der Waals surface area contributed by atoms with Gasteiger partial charge in [-0.1, -0.05) is 29.8 Å². The number of aromatic nitrogens is 2. The number of carbonyl (C=O) groups is 5. The number of benzene rings is 2. The maximum atomic E-state index is 14.6. The third-order valence-electron chi connectivity index (χ3n) is 11.7. The van der Waals surface area contributed by atoms with Crippen LogP contribution in [0.1, 0.15) is 66.6 Å². The molecule has 3 aliphatic rings. The highest BCUT2D eigenvalue weighted by Crippen LogP contribution is 2.41. The minimum atomic E-state index is -0.737. The fraction of sp³-hybridized carbons (Fsp3) is 0.457. The standard InChI is InChI=1S/C46H54ClFN8O9S/c47-34-6-3-8-37(41(34)48)65-31-12-15-46(16-13-31,28-30-4-1-9-38(52-30)54-45-51-20-27-66-45)44(61)50-18-17-49-19-22-63-24-26-64-25-23-62-21-14-40(58)53-35-7-2-5-32-33(35)29-56(43(32)60)36-10-11-39(57)55-42(36)59/h1-9,20,27,31,36,49H,10-19,21-26,28-29H2,(H,50,61)(H,53,58)(H,51,52,54)(H,55,57,59). The van der Waals surface area contributed by atoms with Gasteiger partial charge in [0.05, 0.1) is 62.6 Å². The molecule has 1 unspecified atom stereocenters. The highest BCUT2D eigenvalue weighted by molar-refractivity contribution is 7.13. The van der Waals surface area contributed by atoms with Crippen molar-refractivity contribution in [3.05, 3.63) is 93.8 Å². The van der Waals surface area contributed by atoms with Crippen molar-refractivity contribution < 1.29 is 47.3 Å². The summed E-state index contributed by atoms with van der Waals surface area (Å²) >= 11 is 7.45. The minimum Gasteiger partial charge on any atom is -0.487 e. The first-order valence-corrected chi connectivity index (χ1v) is 23.4. The van der Waals surface area contributed by atoms with Gasteiger partial charge in [-0.05, 0) is 68.5 Å². The molecule has 66 heavy (non-hydrogen) atoms. The van der Waals surface area contributed by atoms with E-state index < -0.39 is 23.2 Å². The summed E-state index contributed by atoms with van der Waals surface area (Å²) in [6.07, 6.45) is 4.57. The summed E-state index contributed by atoms with van der Waals surface area (Å²) in [6.45, 7) is 3.70. The zero-order chi connectivity index (χ0) is 46.3. The van der Waals surface area contributed by atoms with E-state index in [-0.39, 0.29) is 72.9 Å². The summed E-state index contributed by atoms with van der Waals surface area (Å²) in [5, 5.41) is 17.4. The molecule has 1 aliphatic carbocycles. The predicted octanol–water partition coefficient (Wildman–Crippen LogP) is 5.17. The lowest BCUT2D eigenvalue weighted by Gasteiger charge is -2.39. The summed E-state index contributed by atoms with van der Waals surface area (Å²) in [5.41, 5.74) is 1.59. The number of fused-ring (bicyclic) bond motifs is 1. The van der Waals surface area contributed by atoms with Gasteiger partial charge in [-0.25, -0.2) is 14.4 Å². The molecule has 0 bridgehead atoms. The van der Waals surface area contributed by atoms with E-state index in [1.807, 2.05) is 23.6 Å². The molecule has 2 fully saturated rings. The van der Waals surface area contributed by atoms with Crippen LogP contribution in [0.25, 0.3) is 0 Å². The number of halogens is 2. The molecule has 1 atom stereocenters. The second-order valence-electron chi connectivity index (χ2n) is 16.2. The Bertz CT molecular complexity index is 2320. The highest BCUT2D eigenvalue weighted by Gasteiger charge is 2.43. The molecule has 1 saturated carbocycles. The maximum Gasteiger partial charge on any atom is 0.255 e. The van der Waals surface area contributed by atoms with Gasteiger partial charge in [-0.2, -0.15) is 0 Å². The molecule has 20 heteroatoms. The van der Waals surface area contributed by atoms with Crippen molar-refractivity contribution in [2.75, 3.05) is 69.9 Å². The first-order chi connectivity index (χ1) is 32.1. The smallest absolute Gasteiger partial charge is 0.255 e. The third kappa shape index (κ3) is 13.1. The highest BCUT2D eigenvalue weighted by atomic mass is 35.5. The summed E-state index contributed by atoms with van der Waals surface area (Å²) in [4.78, 5) is 74.2. The normalized spacial score (nSPS) is 19.3. The van der Waals surface area contributed by atoms with Crippen molar-refractivity contribution in [2.24, 2.45) is 5.41 Å². The Morgan fingerprint density at radius 2 is 1.67 bits per heavy atom. The Labute approximate surface area is 390 Å². The number of piperidine rings is 1. The Morgan fingerprint density at radius 3 is 2.44 bits per heavy atom. The largest absolute Gasteiger partial charge is 0.487 e.